The Hall–Kier alpha value is -0.600. The zero-order chi connectivity index (χ0) is 15.3. The first-order chi connectivity index (χ1) is 9.39. The molecule has 1 aromatic carbocycles. The van der Waals surface area contributed by atoms with Gasteiger partial charge in [-0.3, -0.25) is 0 Å². The maximum Gasteiger partial charge on any atom is 0.0915 e. The van der Waals surface area contributed by atoms with Gasteiger partial charge in [0.2, 0.25) is 0 Å². The van der Waals surface area contributed by atoms with Crippen LogP contribution in [-0.2, 0) is 0 Å². The van der Waals surface area contributed by atoms with Gasteiger partial charge in [0.1, 0.15) is 0 Å². The number of anilines is 1. The molecule has 0 bridgehead atoms. The third kappa shape index (κ3) is 3.95. The molecule has 1 rings (SSSR count). The number of benzene rings is 1. The predicted molar refractivity (Wildman–Crippen MR) is 77.8 cm³/mol. The molecule has 0 saturated heterocycles. The lowest BCUT2D eigenvalue weighted by Gasteiger charge is -2.30. The summed E-state index contributed by atoms with van der Waals surface area (Å²) in [7, 11) is 0. The molecule has 1 aromatic rings. The minimum Gasteiger partial charge on any atom is -0.396 e. The summed E-state index contributed by atoms with van der Waals surface area (Å²) in [5.74, 6) is 0. The molecule has 8 heteroatoms. The fourth-order valence-corrected chi connectivity index (χ4v) is 2.05. The summed E-state index contributed by atoms with van der Waals surface area (Å²) in [5, 5.41) is 40.7. The minimum absolute atomic E-state index is 0.0156. The first kappa shape index (κ1) is 17.5. The SMILES string of the molecule is Nc1c(Cl)cc(C(O)CNC(CO)(CO)CO)cc1Cl. The van der Waals surface area contributed by atoms with Crippen molar-refractivity contribution in [1.82, 2.24) is 5.32 Å². The van der Waals surface area contributed by atoms with Crippen LogP contribution in [0.1, 0.15) is 11.7 Å². The highest BCUT2D eigenvalue weighted by Crippen LogP contribution is 2.31. The number of hydrogen-bond donors (Lipinski definition) is 6. The molecule has 0 aromatic heterocycles. The first-order valence-electron chi connectivity index (χ1n) is 5.89. The molecule has 0 radical (unpaired) electrons. The van der Waals surface area contributed by atoms with Crippen molar-refractivity contribution in [3.63, 3.8) is 0 Å². The van der Waals surface area contributed by atoms with Crippen molar-refractivity contribution in [2.24, 2.45) is 0 Å². The highest BCUT2D eigenvalue weighted by molar-refractivity contribution is 6.38. The van der Waals surface area contributed by atoms with Crippen molar-refractivity contribution in [2.45, 2.75) is 11.6 Å². The van der Waals surface area contributed by atoms with E-state index < -0.39 is 31.5 Å². The third-order valence-electron chi connectivity index (χ3n) is 3.06. The molecule has 0 aliphatic rings. The summed E-state index contributed by atoms with van der Waals surface area (Å²) in [4.78, 5) is 0. The van der Waals surface area contributed by atoms with Crippen molar-refractivity contribution in [1.29, 1.82) is 0 Å². The van der Waals surface area contributed by atoms with Gasteiger partial charge in [0, 0.05) is 6.54 Å². The van der Waals surface area contributed by atoms with Crippen LogP contribution in [0.5, 0.6) is 0 Å². The van der Waals surface area contributed by atoms with E-state index in [2.05, 4.69) is 5.32 Å². The fourth-order valence-electron chi connectivity index (χ4n) is 1.55. The Labute approximate surface area is 126 Å². The molecule has 0 fully saturated rings. The van der Waals surface area contributed by atoms with Gasteiger partial charge in [-0.2, -0.15) is 0 Å². The number of aliphatic hydroxyl groups excluding tert-OH is 4. The molecule has 7 N–H and O–H groups in total. The normalized spacial score (nSPS) is 13.5. The second-order valence-electron chi connectivity index (χ2n) is 4.55. The molecule has 20 heavy (non-hydrogen) atoms. The zero-order valence-electron chi connectivity index (χ0n) is 10.7. The molecule has 0 spiro atoms. The quantitative estimate of drug-likeness (QED) is 0.390. The van der Waals surface area contributed by atoms with Crippen LogP contribution in [0, 0.1) is 0 Å². The van der Waals surface area contributed by atoms with Crippen LogP contribution < -0.4 is 11.1 Å². The third-order valence-corrected chi connectivity index (χ3v) is 3.69. The maximum absolute atomic E-state index is 10.0. The molecule has 114 valence electrons. The molecular weight excluding hydrogens is 307 g/mol. The largest absolute Gasteiger partial charge is 0.396 e. The lowest BCUT2D eigenvalue weighted by atomic mass is 10.0. The van der Waals surface area contributed by atoms with E-state index >= 15 is 0 Å². The summed E-state index contributed by atoms with van der Waals surface area (Å²) in [6.45, 7) is -1.44. The molecule has 1 atom stereocenters. The van der Waals surface area contributed by atoms with Crippen LogP contribution in [-0.4, -0.2) is 52.3 Å². The van der Waals surface area contributed by atoms with Gasteiger partial charge >= 0.3 is 0 Å². The summed E-state index contributed by atoms with van der Waals surface area (Å²) in [6, 6.07) is 2.96. The molecule has 0 heterocycles. The van der Waals surface area contributed by atoms with Gasteiger partial charge in [-0.25, -0.2) is 0 Å². The first-order valence-corrected chi connectivity index (χ1v) is 6.65. The number of halogens is 2. The summed E-state index contributed by atoms with van der Waals surface area (Å²) >= 11 is 11.7. The van der Waals surface area contributed by atoms with Gasteiger partial charge in [-0.1, -0.05) is 23.2 Å². The number of β-amino-alcohol motifs (C(OH)–C–C–N with tert-alkyl or cyclic N) is 1. The molecular formula is C12H18Cl2N2O4. The van der Waals surface area contributed by atoms with E-state index in [0.717, 1.165) is 0 Å². The number of nitrogens with two attached hydrogens (primary N) is 1. The Bertz CT molecular complexity index is 424. The van der Waals surface area contributed by atoms with E-state index in [0.29, 0.717) is 5.56 Å². The van der Waals surface area contributed by atoms with Crippen LogP contribution in [0.15, 0.2) is 12.1 Å². The highest BCUT2D eigenvalue weighted by atomic mass is 35.5. The van der Waals surface area contributed by atoms with Crippen molar-refractivity contribution in [3.8, 4) is 0 Å². The van der Waals surface area contributed by atoms with Crippen molar-refractivity contribution >= 4 is 28.9 Å². The monoisotopic (exact) mass is 324 g/mol. The summed E-state index contributed by atoms with van der Waals surface area (Å²) in [6.07, 6.45) is -0.991. The van der Waals surface area contributed by atoms with Crippen LogP contribution in [0.25, 0.3) is 0 Å². The van der Waals surface area contributed by atoms with Crippen LogP contribution in [0.2, 0.25) is 10.0 Å². The Morgan fingerprint density at radius 3 is 1.95 bits per heavy atom. The number of nitrogens with one attached hydrogen (secondary N) is 1. The van der Waals surface area contributed by atoms with Crippen molar-refractivity contribution < 1.29 is 20.4 Å². The molecule has 0 amide bonds. The lowest BCUT2D eigenvalue weighted by Crippen LogP contribution is -2.55. The van der Waals surface area contributed by atoms with Gasteiger partial charge in [-0.15, -0.1) is 0 Å². The summed E-state index contributed by atoms with van der Waals surface area (Å²) < 4.78 is 0. The molecule has 1 unspecified atom stereocenters. The lowest BCUT2D eigenvalue weighted by molar-refractivity contribution is 0.0322. The van der Waals surface area contributed by atoms with Gasteiger partial charge in [-0.05, 0) is 17.7 Å². The number of aliphatic hydroxyl groups is 4. The Morgan fingerprint density at radius 1 is 1.10 bits per heavy atom. The highest BCUT2D eigenvalue weighted by Gasteiger charge is 2.28. The van der Waals surface area contributed by atoms with Crippen LogP contribution in [0.4, 0.5) is 5.69 Å². The smallest absolute Gasteiger partial charge is 0.0915 e. The van der Waals surface area contributed by atoms with E-state index in [1.54, 1.807) is 0 Å². The number of hydrogen-bond acceptors (Lipinski definition) is 6. The average molecular weight is 325 g/mol. The van der Waals surface area contributed by atoms with Crippen molar-refractivity contribution in [3.05, 3.63) is 27.7 Å². The van der Waals surface area contributed by atoms with E-state index in [9.17, 15) is 5.11 Å². The Balaban J connectivity index is 2.79. The molecule has 0 saturated carbocycles. The molecule has 0 aliphatic heterocycles. The number of rotatable bonds is 7. The Kier molecular flexibility index (Phi) is 6.47. The van der Waals surface area contributed by atoms with Gasteiger partial charge in [0.15, 0.2) is 0 Å². The predicted octanol–water partition coefficient (Wildman–Crippen LogP) is -0.0857. The van der Waals surface area contributed by atoms with Crippen LogP contribution in [0.3, 0.4) is 0 Å². The van der Waals surface area contributed by atoms with Gasteiger partial charge < -0.3 is 31.5 Å². The Morgan fingerprint density at radius 2 is 1.55 bits per heavy atom. The van der Waals surface area contributed by atoms with E-state index in [1.165, 1.54) is 12.1 Å². The van der Waals surface area contributed by atoms with Crippen molar-refractivity contribution in [2.75, 3.05) is 32.1 Å². The maximum atomic E-state index is 10.0. The van der Waals surface area contributed by atoms with E-state index in [4.69, 9.17) is 44.3 Å². The summed E-state index contributed by atoms with van der Waals surface area (Å²) in [5.41, 5.74) is 5.00. The second-order valence-corrected chi connectivity index (χ2v) is 5.36. The topological polar surface area (TPSA) is 119 Å². The standard InChI is InChI=1S/C12H18Cl2N2O4/c13-8-1-7(2-9(14)11(8)15)10(20)3-16-12(4-17,5-18)6-19/h1-2,10,16-20H,3-6,15H2. The molecule has 6 nitrogen and oxygen atoms in total. The minimum atomic E-state index is -1.26. The fraction of sp³-hybridized carbons (Fsp3) is 0.500. The van der Waals surface area contributed by atoms with Crippen LogP contribution >= 0.6 is 23.2 Å². The molecule has 0 aliphatic carbocycles. The number of nitrogen functional groups attached to an aromatic ring is 1. The van der Waals surface area contributed by atoms with Gasteiger partial charge in [0.05, 0.1) is 47.2 Å². The van der Waals surface area contributed by atoms with Gasteiger partial charge in [0.25, 0.3) is 0 Å². The van der Waals surface area contributed by atoms with E-state index in [1.807, 2.05) is 0 Å². The second kappa shape index (κ2) is 7.42. The van der Waals surface area contributed by atoms with E-state index in [-0.39, 0.29) is 22.3 Å². The zero-order valence-corrected chi connectivity index (χ0v) is 12.2. The average Bonchev–Trinajstić information content (AvgIpc) is 2.46.